The second-order valence-electron chi connectivity index (χ2n) is 6.47. The number of hydrogen-bond donors (Lipinski definition) is 1. The number of halogens is 2. The minimum absolute atomic E-state index is 0.0540. The molecule has 2 aromatic rings. The van der Waals surface area contributed by atoms with Gasteiger partial charge >= 0.3 is 0 Å². The largest absolute Gasteiger partial charge is 0.484 e. The van der Waals surface area contributed by atoms with E-state index in [1.54, 1.807) is 4.90 Å². The Morgan fingerprint density at radius 3 is 2.21 bits per heavy atom. The molecule has 0 atom stereocenters. The highest BCUT2D eigenvalue weighted by molar-refractivity contribution is 7.92. The number of benzene rings is 2. The van der Waals surface area contributed by atoms with Gasteiger partial charge in [0.05, 0.1) is 10.6 Å². The van der Waals surface area contributed by atoms with E-state index in [1.807, 2.05) is 0 Å². The summed E-state index contributed by atoms with van der Waals surface area (Å²) in [5.41, 5.74) is 0.268. The Hall–Kier alpha value is -1.96. The molecule has 150 valence electrons. The highest BCUT2D eigenvalue weighted by atomic mass is 35.5. The third kappa shape index (κ3) is 5.53. The standard InChI is InChI=1S/C19H20Cl2N2O4S/c20-14-10-15(21)12-16(11-14)22-28(25,26)18-6-4-17(5-7-18)27-13-19(24)23-8-2-1-3-9-23/h4-7,10-12,22H,1-3,8-9,13H2. The van der Waals surface area contributed by atoms with Crippen LogP contribution < -0.4 is 9.46 Å². The van der Waals surface area contributed by atoms with Crippen molar-refractivity contribution in [2.45, 2.75) is 24.2 Å². The summed E-state index contributed by atoms with van der Waals surface area (Å²) in [6, 6.07) is 10.3. The molecule has 3 rings (SSSR count). The van der Waals surface area contributed by atoms with Crippen LogP contribution in [0.4, 0.5) is 5.69 Å². The van der Waals surface area contributed by atoms with Gasteiger partial charge in [-0.05, 0) is 61.7 Å². The zero-order valence-corrected chi connectivity index (χ0v) is 17.4. The number of sulfonamides is 1. The quantitative estimate of drug-likeness (QED) is 0.727. The van der Waals surface area contributed by atoms with E-state index < -0.39 is 10.0 Å². The van der Waals surface area contributed by atoms with Gasteiger partial charge in [-0.2, -0.15) is 0 Å². The van der Waals surface area contributed by atoms with E-state index in [4.69, 9.17) is 27.9 Å². The van der Waals surface area contributed by atoms with Crippen molar-refractivity contribution in [1.82, 2.24) is 4.90 Å². The number of carbonyl (C=O) groups excluding carboxylic acids is 1. The molecule has 0 aliphatic carbocycles. The highest BCUT2D eigenvalue weighted by Crippen LogP contribution is 2.25. The summed E-state index contributed by atoms with van der Waals surface area (Å²) in [5.74, 6) is 0.367. The van der Waals surface area contributed by atoms with Crippen molar-refractivity contribution in [3.8, 4) is 5.75 Å². The molecule has 1 heterocycles. The Morgan fingerprint density at radius 2 is 1.61 bits per heavy atom. The third-order valence-electron chi connectivity index (χ3n) is 4.32. The molecule has 0 spiro atoms. The number of ether oxygens (including phenoxy) is 1. The summed E-state index contributed by atoms with van der Waals surface area (Å²) in [5, 5.41) is 0.652. The highest BCUT2D eigenvalue weighted by Gasteiger charge is 2.18. The molecule has 6 nitrogen and oxygen atoms in total. The minimum atomic E-state index is -3.81. The Balaban J connectivity index is 1.61. The fourth-order valence-corrected chi connectivity index (χ4v) is 4.49. The molecule has 1 amide bonds. The summed E-state index contributed by atoms with van der Waals surface area (Å²) >= 11 is 11.8. The van der Waals surface area contributed by atoms with Crippen LogP contribution in [0.15, 0.2) is 47.4 Å². The molecule has 2 aromatic carbocycles. The number of hydrogen-bond acceptors (Lipinski definition) is 4. The van der Waals surface area contributed by atoms with Gasteiger partial charge in [-0.25, -0.2) is 8.42 Å². The predicted molar refractivity (Wildman–Crippen MR) is 110 cm³/mol. The lowest BCUT2D eigenvalue weighted by Gasteiger charge is -2.26. The van der Waals surface area contributed by atoms with Gasteiger partial charge in [-0.15, -0.1) is 0 Å². The Morgan fingerprint density at radius 1 is 1.00 bits per heavy atom. The van der Waals surface area contributed by atoms with E-state index in [0.717, 1.165) is 32.4 Å². The number of piperidine rings is 1. The second-order valence-corrected chi connectivity index (χ2v) is 9.02. The SMILES string of the molecule is O=C(COc1ccc(S(=O)(=O)Nc2cc(Cl)cc(Cl)c2)cc1)N1CCCCC1. The average molecular weight is 443 g/mol. The van der Waals surface area contributed by atoms with Crippen LogP contribution in [0.25, 0.3) is 0 Å². The predicted octanol–water partition coefficient (Wildman–Crippen LogP) is 4.19. The fraction of sp³-hybridized carbons (Fsp3) is 0.316. The first kappa shape index (κ1) is 20.8. The van der Waals surface area contributed by atoms with Crippen LogP contribution in [-0.2, 0) is 14.8 Å². The van der Waals surface area contributed by atoms with Gasteiger partial charge in [0.2, 0.25) is 0 Å². The molecule has 1 N–H and O–H groups in total. The van der Waals surface area contributed by atoms with Crippen molar-refractivity contribution in [3.05, 3.63) is 52.5 Å². The Bertz CT molecular complexity index is 923. The number of anilines is 1. The van der Waals surface area contributed by atoms with E-state index in [1.165, 1.54) is 42.5 Å². The van der Waals surface area contributed by atoms with E-state index in [9.17, 15) is 13.2 Å². The molecule has 1 fully saturated rings. The first-order chi connectivity index (χ1) is 13.3. The maximum atomic E-state index is 12.5. The van der Waals surface area contributed by atoms with Crippen molar-refractivity contribution < 1.29 is 17.9 Å². The third-order valence-corrected chi connectivity index (χ3v) is 6.15. The normalized spacial score (nSPS) is 14.6. The maximum absolute atomic E-state index is 12.5. The van der Waals surface area contributed by atoms with Crippen LogP contribution >= 0.6 is 23.2 Å². The summed E-state index contributed by atoms with van der Waals surface area (Å²) in [6.45, 7) is 1.46. The lowest BCUT2D eigenvalue weighted by atomic mass is 10.1. The lowest BCUT2D eigenvalue weighted by molar-refractivity contribution is -0.134. The van der Waals surface area contributed by atoms with Crippen LogP contribution in [0.5, 0.6) is 5.75 Å². The lowest BCUT2D eigenvalue weighted by Crippen LogP contribution is -2.38. The molecule has 28 heavy (non-hydrogen) atoms. The fourth-order valence-electron chi connectivity index (χ4n) is 2.92. The first-order valence-electron chi connectivity index (χ1n) is 8.83. The summed E-state index contributed by atoms with van der Waals surface area (Å²) in [6.07, 6.45) is 3.18. The number of nitrogens with one attached hydrogen (secondary N) is 1. The van der Waals surface area contributed by atoms with E-state index in [-0.39, 0.29) is 23.1 Å². The van der Waals surface area contributed by atoms with Gasteiger partial charge in [0.25, 0.3) is 15.9 Å². The second kappa shape index (κ2) is 9.03. The summed E-state index contributed by atoms with van der Waals surface area (Å²) in [7, 11) is -3.81. The van der Waals surface area contributed by atoms with Crippen LogP contribution in [0, 0.1) is 0 Å². The van der Waals surface area contributed by atoms with Gasteiger partial charge in [-0.3, -0.25) is 9.52 Å². The summed E-state index contributed by atoms with van der Waals surface area (Å²) in [4.78, 5) is 14.0. The van der Waals surface area contributed by atoms with Crippen LogP contribution in [0.1, 0.15) is 19.3 Å². The molecule has 1 aliphatic rings. The molecule has 0 radical (unpaired) electrons. The molecular formula is C19H20Cl2N2O4S. The number of likely N-dealkylation sites (tertiary alicyclic amines) is 1. The van der Waals surface area contributed by atoms with Crippen molar-refractivity contribution in [3.63, 3.8) is 0 Å². The molecule has 0 bridgehead atoms. The van der Waals surface area contributed by atoms with Crippen molar-refractivity contribution in [2.75, 3.05) is 24.4 Å². The van der Waals surface area contributed by atoms with E-state index >= 15 is 0 Å². The molecule has 0 saturated carbocycles. The monoisotopic (exact) mass is 442 g/mol. The molecule has 0 unspecified atom stereocenters. The number of nitrogens with zero attached hydrogens (tertiary/aromatic N) is 1. The maximum Gasteiger partial charge on any atom is 0.261 e. The van der Waals surface area contributed by atoms with Crippen LogP contribution in [-0.4, -0.2) is 38.9 Å². The molecule has 0 aromatic heterocycles. The van der Waals surface area contributed by atoms with E-state index in [0.29, 0.717) is 15.8 Å². The summed E-state index contributed by atoms with van der Waals surface area (Å²) < 4.78 is 32.9. The van der Waals surface area contributed by atoms with Gasteiger partial charge in [0.1, 0.15) is 5.75 Å². The zero-order chi connectivity index (χ0) is 20.1. The van der Waals surface area contributed by atoms with E-state index in [2.05, 4.69) is 4.72 Å². The van der Waals surface area contributed by atoms with Gasteiger partial charge < -0.3 is 9.64 Å². The Labute approximate surface area is 174 Å². The molecular weight excluding hydrogens is 423 g/mol. The first-order valence-corrected chi connectivity index (χ1v) is 11.1. The number of carbonyl (C=O) groups is 1. The number of amides is 1. The Kier molecular flexibility index (Phi) is 6.69. The van der Waals surface area contributed by atoms with Gasteiger partial charge in [0.15, 0.2) is 6.61 Å². The van der Waals surface area contributed by atoms with Gasteiger partial charge in [0, 0.05) is 23.1 Å². The number of rotatable bonds is 6. The zero-order valence-electron chi connectivity index (χ0n) is 15.0. The van der Waals surface area contributed by atoms with Crippen molar-refractivity contribution in [1.29, 1.82) is 0 Å². The molecule has 9 heteroatoms. The average Bonchev–Trinajstić information content (AvgIpc) is 2.66. The van der Waals surface area contributed by atoms with Crippen molar-refractivity contribution >= 4 is 44.8 Å². The van der Waals surface area contributed by atoms with Crippen LogP contribution in [0.3, 0.4) is 0 Å². The topological polar surface area (TPSA) is 75.7 Å². The van der Waals surface area contributed by atoms with Crippen LogP contribution in [0.2, 0.25) is 10.0 Å². The molecule has 1 aliphatic heterocycles. The smallest absolute Gasteiger partial charge is 0.261 e. The minimum Gasteiger partial charge on any atom is -0.484 e. The van der Waals surface area contributed by atoms with Crippen molar-refractivity contribution in [2.24, 2.45) is 0 Å². The molecule has 1 saturated heterocycles. The van der Waals surface area contributed by atoms with Gasteiger partial charge in [-0.1, -0.05) is 23.2 Å².